The molecule has 9 nitrogen and oxygen atoms in total. The van der Waals surface area contributed by atoms with E-state index in [2.05, 4.69) is 0 Å². The number of hydrogen-bond donors (Lipinski definition) is 0. The van der Waals surface area contributed by atoms with Gasteiger partial charge in [0.15, 0.2) is 11.7 Å². The SMILES string of the molecule is CCOC(=O)CC[C@@H]1CC2(OCCO2)[C@H](C(C(=O)OC)C(=O)OC)CC1=O. The van der Waals surface area contributed by atoms with Crippen LogP contribution in [0.25, 0.3) is 0 Å². The van der Waals surface area contributed by atoms with Gasteiger partial charge in [-0.2, -0.15) is 0 Å². The summed E-state index contributed by atoms with van der Waals surface area (Å²) in [4.78, 5) is 48.7. The second kappa shape index (κ2) is 9.27. The topological polar surface area (TPSA) is 114 Å². The molecule has 1 heterocycles. The Morgan fingerprint density at radius 3 is 2.26 bits per heavy atom. The van der Waals surface area contributed by atoms with E-state index in [1.165, 1.54) is 0 Å². The maximum absolute atomic E-state index is 12.7. The van der Waals surface area contributed by atoms with Crippen LogP contribution in [0.2, 0.25) is 0 Å². The Morgan fingerprint density at radius 1 is 1.15 bits per heavy atom. The highest BCUT2D eigenvalue weighted by Crippen LogP contribution is 2.46. The quantitative estimate of drug-likeness (QED) is 0.353. The second-order valence-electron chi connectivity index (χ2n) is 6.55. The summed E-state index contributed by atoms with van der Waals surface area (Å²) in [6, 6.07) is 0. The van der Waals surface area contributed by atoms with Crippen molar-refractivity contribution in [2.75, 3.05) is 34.0 Å². The van der Waals surface area contributed by atoms with Gasteiger partial charge in [0.25, 0.3) is 0 Å². The van der Waals surface area contributed by atoms with Crippen LogP contribution in [-0.2, 0) is 42.9 Å². The van der Waals surface area contributed by atoms with Gasteiger partial charge in [-0.15, -0.1) is 0 Å². The lowest BCUT2D eigenvalue weighted by Crippen LogP contribution is -2.54. The first-order valence-electron chi connectivity index (χ1n) is 9.00. The van der Waals surface area contributed by atoms with Crippen LogP contribution in [0.3, 0.4) is 0 Å². The standard InChI is InChI=1S/C18H26O9/c1-4-25-14(20)6-5-11-10-18(26-7-8-27-18)12(9-13(11)19)15(16(21)23-2)17(22)24-3/h11-12,15H,4-10H2,1-3H3/t11-,12+/m1/s1. The Morgan fingerprint density at radius 2 is 1.74 bits per heavy atom. The molecule has 0 bridgehead atoms. The third-order valence-corrected chi connectivity index (χ3v) is 5.06. The summed E-state index contributed by atoms with van der Waals surface area (Å²) in [6.45, 7) is 2.55. The van der Waals surface area contributed by atoms with Gasteiger partial charge < -0.3 is 23.7 Å². The van der Waals surface area contributed by atoms with Crippen molar-refractivity contribution in [3.8, 4) is 0 Å². The van der Waals surface area contributed by atoms with Gasteiger partial charge in [-0.1, -0.05) is 0 Å². The first-order valence-corrected chi connectivity index (χ1v) is 9.00. The van der Waals surface area contributed by atoms with E-state index in [9.17, 15) is 19.2 Å². The molecule has 2 aliphatic rings. The molecular formula is C18H26O9. The minimum atomic E-state index is -1.33. The molecule has 0 unspecified atom stereocenters. The molecule has 9 heteroatoms. The van der Waals surface area contributed by atoms with Gasteiger partial charge >= 0.3 is 17.9 Å². The second-order valence-corrected chi connectivity index (χ2v) is 6.55. The summed E-state index contributed by atoms with van der Waals surface area (Å²) in [5, 5.41) is 0. The molecule has 1 spiro atoms. The lowest BCUT2D eigenvalue weighted by Gasteiger charge is -2.43. The van der Waals surface area contributed by atoms with E-state index >= 15 is 0 Å². The van der Waals surface area contributed by atoms with Crippen LogP contribution in [0.5, 0.6) is 0 Å². The Hall–Kier alpha value is -2.00. The number of carbonyl (C=O) groups is 4. The largest absolute Gasteiger partial charge is 0.468 e. The smallest absolute Gasteiger partial charge is 0.320 e. The van der Waals surface area contributed by atoms with Crippen molar-refractivity contribution in [2.24, 2.45) is 17.8 Å². The fraction of sp³-hybridized carbons (Fsp3) is 0.778. The third kappa shape index (κ3) is 4.65. The number of ketones is 1. The summed E-state index contributed by atoms with van der Waals surface area (Å²) in [7, 11) is 2.32. The number of rotatable bonds is 7. The molecule has 0 aromatic rings. The molecule has 1 aliphatic carbocycles. The molecule has 0 N–H and O–H groups in total. The van der Waals surface area contributed by atoms with E-state index in [-0.39, 0.29) is 50.8 Å². The number of esters is 3. The lowest BCUT2D eigenvalue weighted by atomic mass is 9.69. The number of carbonyl (C=O) groups excluding carboxylic acids is 4. The van der Waals surface area contributed by atoms with Crippen molar-refractivity contribution < 1.29 is 42.9 Å². The highest BCUT2D eigenvalue weighted by atomic mass is 16.7. The minimum Gasteiger partial charge on any atom is -0.468 e. The fourth-order valence-corrected chi connectivity index (χ4v) is 3.79. The van der Waals surface area contributed by atoms with E-state index in [0.717, 1.165) is 14.2 Å². The van der Waals surface area contributed by atoms with Crippen molar-refractivity contribution >= 4 is 23.7 Å². The molecule has 0 aromatic heterocycles. The molecule has 27 heavy (non-hydrogen) atoms. The van der Waals surface area contributed by atoms with Crippen LogP contribution in [-0.4, -0.2) is 63.5 Å². The van der Waals surface area contributed by atoms with Crippen LogP contribution in [0.1, 0.15) is 32.6 Å². The maximum Gasteiger partial charge on any atom is 0.320 e. The molecule has 1 saturated carbocycles. The molecule has 2 rings (SSSR count). The summed E-state index contributed by atoms with van der Waals surface area (Å²) >= 11 is 0. The van der Waals surface area contributed by atoms with Crippen molar-refractivity contribution in [1.29, 1.82) is 0 Å². The van der Waals surface area contributed by atoms with Crippen molar-refractivity contribution in [2.45, 2.75) is 38.4 Å². The van der Waals surface area contributed by atoms with Gasteiger partial charge in [0.2, 0.25) is 0 Å². The average molecular weight is 386 g/mol. The normalized spacial score (nSPS) is 24.1. The van der Waals surface area contributed by atoms with E-state index < -0.39 is 35.5 Å². The number of methoxy groups -OCH3 is 2. The predicted octanol–water partition coefficient (Wildman–Crippen LogP) is 0.630. The van der Waals surface area contributed by atoms with Crippen molar-refractivity contribution in [1.82, 2.24) is 0 Å². The van der Waals surface area contributed by atoms with Gasteiger partial charge in [0.1, 0.15) is 5.78 Å². The van der Waals surface area contributed by atoms with Crippen molar-refractivity contribution in [3.05, 3.63) is 0 Å². The van der Waals surface area contributed by atoms with Crippen molar-refractivity contribution in [3.63, 3.8) is 0 Å². The monoisotopic (exact) mass is 386 g/mol. The summed E-state index contributed by atoms with van der Waals surface area (Å²) in [5.41, 5.74) is 0. The molecule has 1 saturated heterocycles. The third-order valence-electron chi connectivity index (χ3n) is 5.06. The van der Waals surface area contributed by atoms with Gasteiger partial charge in [-0.3, -0.25) is 19.2 Å². The minimum absolute atomic E-state index is 0.0996. The molecule has 152 valence electrons. The number of ether oxygens (including phenoxy) is 5. The highest BCUT2D eigenvalue weighted by molar-refractivity contribution is 5.96. The van der Waals surface area contributed by atoms with E-state index in [0.29, 0.717) is 6.42 Å². The zero-order chi connectivity index (χ0) is 20.0. The summed E-state index contributed by atoms with van der Waals surface area (Å²) < 4.78 is 26.0. The number of hydrogen-bond acceptors (Lipinski definition) is 9. The van der Waals surface area contributed by atoms with Gasteiger partial charge in [0.05, 0.1) is 34.0 Å². The molecule has 0 aromatic carbocycles. The summed E-state index contributed by atoms with van der Waals surface area (Å²) in [5.74, 6) is -6.07. The average Bonchev–Trinajstić information content (AvgIpc) is 3.12. The number of Topliss-reactive ketones (excluding diaryl/α,β-unsaturated/α-hetero) is 1. The first kappa shape index (κ1) is 21.3. The molecule has 0 radical (unpaired) electrons. The van der Waals surface area contributed by atoms with Crippen LogP contribution < -0.4 is 0 Å². The Kier molecular flexibility index (Phi) is 7.32. The Balaban J connectivity index is 2.22. The first-order chi connectivity index (χ1) is 12.9. The van der Waals surface area contributed by atoms with Crippen LogP contribution in [0, 0.1) is 17.8 Å². The van der Waals surface area contributed by atoms with Crippen LogP contribution in [0.4, 0.5) is 0 Å². The fourth-order valence-electron chi connectivity index (χ4n) is 3.79. The zero-order valence-corrected chi connectivity index (χ0v) is 15.9. The van der Waals surface area contributed by atoms with Crippen LogP contribution in [0.15, 0.2) is 0 Å². The lowest BCUT2D eigenvalue weighted by molar-refractivity contribution is -0.234. The molecule has 0 amide bonds. The molecule has 2 fully saturated rings. The molecule has 2 atom stereocenters. The highest BCUT2D eigenvalue weighted by Gasteiger charge is 2.58. The zero-order valence-electron chi connectivity index (χ0n) is 15.9. The Labute approximate surface area is 157 Å². The Bertz CT molecular complexity index is 563. The van der Waals surface area contributed by atoms with E-state index in [4.69, 9.17) is 23.7 Å². The van der Waals surface area contributed by atoms with Gasteiger partial charge in [0, 0.05) is 31.1 Å². The van der Waals surface area contributed by atoms with E-state index in [1.54, 1.807) is 6.92 Å². The maximum atomic E-state index is 12.7. The van der Waals surface area contributed by atoms with E-state index in [1.807, 2.05) is 0 Å². The van der Waals surface area contributed by atoms with Crippen LogP contribution >= 0.6 is 0 Å². The predicted molar refractivity (Wildman–Crippen MR) is 89.2 cm³/mol. The van der Waals surface area contributed by atoms with Gasteiger partial charge in [-0.05, 0) is 13.3 Å². The molecule has 1 aliphatic heterocycles. The van der Waals surface area contributed by atoms with Gasteiger partial charge in [-0.25, -0.2) is 0 Å². The molecular weight excluding hydrogens is 360 g/mol. The summed E-state index contributed by atoms with van der Waals surface area (Å²) in [6.07, 6.45) is 0.436.